The number of aliphatic carboxylic acids is 1. The van der Waals surface area contributed by atoms with Crippen molar-refractivity contribution in [3.8, 4) is 0 Å². The number of nitrogens with two attached hydrogens (primary N) is 1. The van der Waals surface area contributed by atoms with Crippen LogP contribution in [-0.4, -0.2) is 59.1 Å². The van der Waals surface area contributed by atoms with E-state index < -0.39 is 12.0 Å². The van der Waals surface area contributed by atoms with E-state index in [1.54, 1.807) is 11.8 Å². The molecule has 6 heteroatoms. The summed E-state index contributed by atoms with van der Waals surface area (Å²) < 4.78 is 0. The number of carbonyl (C=O) groups is 2. The van der Waals surface area contributed by atoms with Gasteiger partial charge in [0.2, 0.25) is 0 Å². The highest BCUT2D eigenvalue weighted by Crippen LogP contribution is 2.12. The Balaban J connectivity index is 2.62. The Bertz CT molecular complexity index is 282. The van der Waals surface area contributed by atoms with Gasteiger partial charge in [0.15, 0.2) is 0 Å². The third-order valence-electron chi connectivity index (χ3n) is 2.94. The highest BCUT2D eigenvalue weighted by molar-refractivity contribution is 5.82. The van der Waals surface area contributed by atoms with Gasteiger partial charge >= 0.3 is 12.0 Å². The van der Waals surface area contributed by atoms with Crippen molar-refractivity contribution in [1.29, 1.82) is 0 Å². The normalized spacial score (nSPS) is 21.9. The molecule has 16 heavy (non-hydrogen) atoms. The largest absolute Gasteiger partial charge is 0.480 e. The molecule has 1 aliphatic heterocycles. The molecule has 0 bridgehead atoms. The van der Waals surface area contributed by atoms with E-state index in [-0.39, 0.29) is 12.1 Å². The van der Waals surface area contributed by atoms with Crippen molar-refractivity contribution in [1.82, 2.24) is 9.80 Å². The molecule has 6 nitrogen and oxygen atoms in total. The molecule has 1 aliphatic rings. The van der Waals surface area contributed by atoms with Crippen LogP contribution in [0.2, 0.25) is 0 Å². The van der Waals surface area contributed by atoms with Gasteiger partial charge in [-0.3, -0.25) is 0 Å². The molecule has 0 aliphatic carbocycles. The fourth-order valence-electron chi connectivity index (χ4n) is 1.93. The number of rotatable bonds is 3. The number of urea groups is 1. The minimum absolute atomic E-state index is 0.0160. The molecular formula is C10H19N3O3. The number of carbonyl (C=O) groups excluding carboxylic acids is 1. The molecule has 1 rings (SSSR count). The van der Waals surface area contributed by atoms with Crippen molar-refractivity contribution in [3.05, 3.63) is 0 Å². The van der Waals surface area contributed by atoms with Crippen molar-refractivity contribution in [2.24, 2.45) is 5.73 Å². The van der Waals surface area contributed by atoms with Crippen LogP contribution < -0.4 is 5.73 Å². The molecule has 0 saturated carbocycles. The van der Waals surface area contributed by atoms with E-state index >= 15 is 0 Å². The van der Waals surface area contributed by atoms with Crippen LogP contribution in [0.15, 0.2) is 0 Å². The van der Waals surface area contributed by atoms with Crippen LogP contribution in [0, 0.1) is 0 Å². The summed E-state index contributed by atoms with van der Waals surface area (Å²) in [6.07, 6.45) is 1.18. The molecule has 1 saturated heterocycles. The first-order chi connectivity index (χ1) is 7.47. The average Bonchev–Trinajstić information content (AvgIpc) is 2.64. The zero-order valence-electron chi connectivity index (χ0n) is 9.72. The lowest BCUT2D eigenvalue weighted by atomic mass is 10.2. The number of hydrogen-bond donors (Lipinski definition) is 2. The van der Waals surface area contributed by atoms with Gasteiger partial charge in [-0.15, -0.1) is 0 Å². The summed E-state index contributed by atoms with van der Waals surface area (Å²) in [5.41, 5.74) is 5.70. The van der Waals surface area contributed by atoms with E-state index in [0.717, 1.165) is 6.42 Å². The quantitative estimate of drug-likeness (QED) is 0.709. The molecular weight excluding hydrogens is 210 g/mol. The molecule has 1 fully saturated rings. The Kier molecular flexibility index (Phi) is 4.12. The molecule has 0 spiro atoms. The Labute approximate surface area is 95.0 Å². The van der Waals surface area contributed by atoms with E-state index in [0.29, 0.717) is 19.5 Å². The van der Waals surface area contributed by atoms with Gasteiger partial charge in [-0.25, -0.2) is 9.59 Å². The first-order valence-electron chi connectivity index (χ1n) is 5.47. The smallest absolute Gasteiger partial charge is 0.326 e. The Hall–Kier alpha value is -1.30. The molecule has 0 radical (unpaired) electrons. The number of nitrogens with zero attached hydrogens (tertiary/aromatic N) is 2. The summed E-state index contributed by atoms with van der Waals surface area (Å²) in [5, 5.41) is 8.95. The predicted octanol–water partition coefficient (Wildman–Crippen LogP) is -0.0656. The molecule has 0 aromatic rings. The third-order valence-corrected chi connectivity index (χ3v) is 2.94. The molecule has 3 N–H and O–H groups in total. The molecule has 1 heterocycles. The maximum Gasteiger partial charge on any atom is 0.326 e. The van der Waals surface area contributed by atoms with E-state index in [1.165, 1.54) is 11.9 Å². The van der Waals surface area contributed by atoms with E-state index in [1.807, 2.05) is 0 Å². The summed E-state index contributed by atoms with van der Waals surface area (Å²) in [6.45, 7) is 2.87. The molecule has 2 atom stereocenters. The average molecular weight is 229 g/mol. The zero-order valence-corrected chi connectivity index (χ0v) is 9.72. The van der Waals surface area contributed by atoms with Gasteiger partial charge in [0, 0.05) is 26.2 Å². The molecule has 2 unspecified atom stereocenters. The number of likely N-dealkylation sites (tertiary alicyclic amines) is 1. The van der Waals surface area contributed by atoms with Crippen LogP contribution in [0.5, 0.6) is 0 Å². The summed E-state index contributed by atoms with van der Waals surface area (Å²) in [4.78, 5) is 25.7. The van der Waals surface area contributed by atoms with Crippen LogP contribution in [0.3, 0.4) is 0 Å². The third kappa shape index (κ3) is 2.63. The van der Waals surface area contributed by atoms with Crippen LogP contribution in [-0.2, 0) is 4.79 Å². The van der Waals surface area contributed by atoms with Crippen molar-refractivity contribution in [2.75, 3.05) is 20.1 Å². The summed E-state index contributed by atoms with van der Waals surface area (Å²) in [5.74, 6) is -0.971. The Morgan fingerprint density at radius 2 is 2.25 bits per heavy atom. The summed E-state index contributed by atoms with van der Waals surface area (Å²) in [6, 6.07) is -0.992. The van der Waals surface area contributed by atoms with Gasteiger partial charge in [0.1, 0.15) is 6.04 Å². The number of likely N-dealkylation sites (N-methyl/N-ethyl adjacent to an activating group) is 1. The monoisotopic (exact) mass is 229 g/mol. The van der Waals surface area contributed by atoms with Gasteiger partial charge in [0.05, 0.1) is 0 Å². The fraction of sp³-hybridized carbons (Fsp3) is 0.800. The topological polar surface area (TPSA) is 86.9 Å². The van der Waals surface area contributed by atoms with Crippen molar-refractivity contribution >= 4 is 12.0 Å². The lowest BCUT2D eigenvalue weighted by Gasteiger charge is -2.28. The second-order valence-corrected chi connectivity index (χ2v) is 4.15. The minimum atomic E-state index is -0.971. The van der Waals surface area contributed by atoms with Crippen LogP contribution in [0.25, 0.3) is 0 Å². The number of amides is 2. The van der Waals surface area contributed by atoms with Gasteiger partial charge in [-0.2, -0.15) is 0 Å². The lowest BCUT2D eigenvalue weighted by Crippen LogP contribution is -2.48. The second kappa shape index (κ2) is 5.16. The maximum absolute atomic E-state index is 11.9. The Morgan fingerprint density at radius 1 is 1.62 bits per heavy atom. The van der Waals surface area contributed by atoms with E-state index in [2.05, 4.69) is 0 Å². The standard InChI is InChI=1S/C10H19N3O3/c1-3-8(9(14)15)12(2)10(16)13-5-4-7(11)6-13/h7-8H,3-6,11H2,1-2H3,(H,14,15). The molecule has 0 aromatic carbocycles. The van der Waals surface area contributed by atoms with Crippen LogP contribution >= 0.6 is 0 Å². The van der Waals surface area contributed by atoms with Crippen molar-refractivity contribution in [2.45, 2.75) is 31.8 Å². The van der Waals surface area contributed by atoms with Gasteiger partial charge in [0.25, 0.3) is 0 Å². The van der Waals surface area contributed by atoms with Gasteiger partial charge < -0.3 is 20.6 Å². The first kappa shape index (κ1) is 12.8. The fourth-order valence-corrected chi connectivity index (χ4v) is 1.93. The molecule has 0 aromatic heterocycles. The number of hydrogen-bond acceptors (Lipinski definition) is 3. The van der Waals surface area contributed by atoms with Gasteiger partial charge in [-0.05, 0) is 12.8 Å². The highest BCUT2D eigenvalue weighted by atomic mass is 16.4. The Morgan fingerprint density at radius 3 is 2.62 bits per heavy atom. The van der Waals surface area contributed by atoms with E-state index in [4.69, 9.17) is 10.8 Å². The summed E-state index contributed by atoms with van der Waals surface area (Å²) >= 11 is 0. The molecule has 2 amide bonds. The SMILES string of the molecule is CCC(C(=O)O)N(C)C(=O)N1CCC(N)C1. The molecule has 92 valence electrons. The zero-order chi connectivity index (χ0) is 12.3. The number of carboxylic acid groups (broad SMARTS) is 1. The number of carboxylic acids is 1. The van der Waals surface area contributed by atoms with Crippen molar-refractivity contribution in [3.63, 3.8) is 0 Å². The minimum Gasteiger partial charge on any atom is -0.480 e. The van der Waals surface area contributed by atoms with Crippen LogP contribution in [0.4, 0.5) is 4.79 Å². The predicted molar refractivity (Wildman–Crippen MR) is 59.0 cm³/mol. The van der Waals surface area contributed by atoms with E-state index in [9.17, 15) is 9.59 Å². The van der Waals surface area contributed by atoms with Crippen molar-refractivity contribution < 1.29 is 14.7 Å². The highest BCUT2D eigenvalue weighted by Gasteiger charge is 2.31. The second-order valence-electron chi connectivity index (χ2n) is 4.15. The lowest BCUT2D eigenvalue weighted by molar-refractivity contribution is -0.142. The van der Waals surface area contributed by atoms with Gasteiger partial charge in [-0.1, -0.05) is 6.92 Å². The first-order valence-corrected chi connectivity index (χ1v) is 5.47. The summed E-state index contributed by atoms with van der Waals surface area (Å²) in [7, 11) is 1.52. The van der Waals surface area contributed by atoms with Crippen LogP contribution in [0.1, 0.15) is 19.8 Å². The maximum atomic E-state index is 11.9.